The van der Waals surface area contributed by atoms with E-state index in [4.69, 9.17) is 14.2 Å². The van der Waals surface area contributed by atoms with Crippen molar-refractivity contribution in [2.24, 2.45) is 0 Å². The standard InChI is InChI=1S/C21H19N3O3S/c1-25-14-6-4-13(5-7-14)16-11-28-21-19(16)20(22-12-23-21)24-17-10-15(26-2)8-9-18(17)27-3/h4-12H,1-3H3,(H,22,23,24). The van der Waals surface area contributed by atoms with E-state index >= 15 is 0 Å². The molecule has 142 valence electrons. The van der Waals surface area contributed by atoms with Gasteiger partial charge in [0.2, 0.25) is 0 Å². The molecule has 0 spiro atoms. The molecule has 0 aliphatic carbocycles. The Morgan fingerprint density at radius 1 is 0.857 bits per heavy atom. The topological polar surface area (TPSA) is 65.5 Å². The molecule has 6 nitrogen and oxygen atoms in total. The summed E-state index contributed by atoms with van der Waals surface area (Å²) in [5, 5.41) is 6.44. The van der Waals surface area contributed by atoms with Crippen LogP contribution in [0.25, 0.3) is 21.3 Å². The molecule has 2 heterocycles. The van der Waals surface area contributed by atoms with Crippen molar-refractivity contribution in [3.05, 3.63) is 54.2 Å². The molecular weight excluding hydrogens is 374 g/mol. The molecule has 1 N–H and O–H groups in total. The number of fused-ring (bicyclic) bond motifs is 1. The molecule has 0 amide bonds. The first kappa shape index (κ1) is 18.1. The van der Waals surface area contributed by atoms with Gasteiger partial charge in [-0.15, -0.1) is 11.3 Å². The van der Waals surface area contributed by atoms with Crippen molar-refractivity contribution in [3.63, 3.8) is 0 Å². The predicted octanol–water partition coefficient (Wildman–Crippen LogP) is 5.13. The fourth-order valence-electron chi connectivity index (χ4n) is 2.99. The van der Waals surface area contributed by atoms with Crippen LogP contribution in [-0.2, 0) is 0 Å². The number of hydrogen-bond acceptors (Lipinski definition) is 7. The van der Waals surface area contributed by atoms with Crippen LogP contribution >= 0.6 is 11.3 Å². The Morgan fingerprint density at radius 3 is 2.32 bits per heavy atom. The molecule has 0 aliphatic rings. The van der Waals surface area contributed by atoms with Gasteiger partial charge in [0.05, 0.1) is 32.4 Å². The summed E-state index contributed by atoms with van der Waals surface area (Å²) in [4.78, 5) is 9.82. The lowest BCUT2D eigenvalue weighted by atomic mass is 10.1. The molecule has 0 saturated heterocycles. The fourth-order valence-corrected chi connectivity index (χ4v) is 3.91. The molecule has 0 saturated carbocycles. The molecule has 0 atom stereocenters. The van der Waals surface area contributed by atoms with Crippen molar-refractivity contribution in [2.45, 2.75) is 0 Å². The summed E-state index contributed by atoms with van der Waals surface area (Å²) in [6, 6.07) is 13.5. The number of nitrogens with zero attached hydrogens (tertiary/aromatic N) is 2. The summed E-state index contributed by atoms with van der Waals surface area (Å²) in [5.74, 6) is 2.96. The van der Waals surface area contributed by atoms with E-state index in [-0.39, 0.29) is 0 Å². The highest BCUT2D eigenvalue weighted by Gasteiger charge is 2.15. The quantitative estimate of drug-likeness (QED) is 0.490. The normalized spacial score (nSPS) is 10.7. The van der Waals surface area contributed by atoms with Crippen molar-refractivity contribution in [1.82, 2.24) is 9.97 Å². The highest BCUT2D eigenvalue weighted by atomic mass is 32.1. The van der Waals surface area contributed by atoms with Crippen LogP contribution in [0.3, 0.4) is 0 Å². The van der Waals surface area contributed by atoms with E-state index in [2.05, 4.69) is 20.7 Å². The molecule has 0 aliphatic heterocycles. The molecule has 0 radical (unpaired) electrons. The van der Waals surface area contributed by atoms with Gasteiger partial charge in [-0.05, 0) is 29.8 Å². The number of anilines is 2. The third-order valence-corrected chi connectivity index (χ3v) is 5.32. The first-order chi connectivity index (χ1) is 13.7. The van der Waals surface area contributed by atoms with Crippen LogP contribution in [0.4, 0.5) is 11.5 Å². The Morgan fingerprint density at radius 2 is 1.61 bits per heavy atom. The lowest BCUT2D eigenvalue weighted by molar-refractivity contribution is 0.405. The molecule has 28 heavy (non-hydrogen) atoms. The number of hydrogen-bond donors (Lipinski definition) is 1. The third-order valence-electron chi connectivity index (χ3n) is 4.43. The van der Waals surface area contributed by atoms with Crippen molar-refractivity contribution in [1.29, 1.82) is 0 Å². The van der Waals surface area contributed by atoms with Crippen LogP contribution < -0.4 is 19.5 Å². The number of rotatable bonds is 6. The lowest BCUT2D eigenvalue weighted by Gasteiger charge is -2.13. The zero-order chi connectivity index (χ0) is 19.5. The Bertz CT molecular complexity index is 1110. The number of nitrogens with one attached hydrogen (secondary N) is 1. The van der Waals surface area contributed by atoms with Gasteiger partial charge in [0.15, 0.2) is 0 Å². The maximum absolute atomic E-state index is 5.48. The van der Waals surface area contributed by atoms with Crippen LogP contribution in [-0.4, -0.2) is 31.3 Å². The van der Waals surface area contributed by atoms with Gasteiger partial charge in [-0.25, -0.2) is 9.97 Å². The largest absolute Gasteiger partial charge is 0.497 e. The Balaban J connectivity index is 1.81. The number of methoxy groups -OCH3 is 3. The van der Waals surface area contributed by atoms with Crippen molar-refractivity contribution < 1.29 is 14.2 Å². The number of benzene rings is 2. The first-order valence-corrected chi connectivity index (χ1v) is 9.47. The second kappa shape index (κ2) is 7.74. The second-order valence-electron chi connectivity index (χ2n) is 5.97. The van der Waals surface area contributed by atoms with Gasteiger partial charge in [0.25, 0.3) is 0 Å². The van der Waals surface area contributed by atoms with E-state index in [0.29, 0.717) is 11.6 Å². The van der Waals surface area contributed by atoms with Gasteiger partial charge in [-0.3, -0.25) is 0 Å². The molecule has 4 aromatic rings. The van der Waals surface area contributed by atoms with Crippen molar-refractivity contribution in [3.8, 4) is 28.4 Å². The lowest BCUT2D eigenvalue weighted by Crippen LogP contribution is -1.99. The van der Waals surface area contributed by atoms with Gasteiger partial charge in [0.1, 0.15) is 34.2 Å². The van der Waals surface area contributed by atoms with E-state index in [1.807, 2.05) is 42.5 Å². The summed E-state index contributed by atoms with van der Waals surface area (Å²) < 4.78 is 16.1. The fraction of sp³-hybridized carbons (Fsp3) is 0.143. The van der Waals surface area contributed by atoms with E-state index in [1.54, 1.807) is 39.0 Å². The first-order valence-electron chi connectivity index (χ1n) is 8.59. The van der Waals surface area contributed by atoms with Crippen molar-refractivity contribution >= 4 is 33.1 Å². The summed E-state index contributed by atoms with van der Waals surface area (Å²) in [6.07, 6.45) is 1.56. The minimum Gasteiger partial charge on any atom is -0.497 e. The van der Waals surface area contributed by atoms with Crippen LogP contribution in [0, 0.1) is 0 Å². The maximum atomic E-state index is 5.48. The van der Waals surface area contributed by atoms with Crippen molar-refractivity contribution in [2.75, 3.05) is 26.6 Å². The molecule has 7 heteroatoms. The Hall–Kier alpha value is -3.32. The maximum Gasteiger partial charge on any atom is 0.143 e. The minimum atomic E-state index is 0.703. The molecule has 2 aromatic carbocycles. The Labute approximate surface area is 166 Å². The van der Waals surface area contributed by atoms with Gasteiger partial charge in [-0.1, -0.05) is 12.1 Å². The van der Waals surface area contributed by atoms with Crippen LogP contribution in [0.15, 0.2) is 54.2 Å². The van der Waals surface area contributed by atoms with Gasteiger partial charge < -0.3 is 19.5 Å². The van der Waals surface area contributed by atoms with Crippen LogP contribution in [0.5, 0.6) is 17.2 Å². The summed E-state index contributed by atoms with van der Waals surface area (Å²) >= 11 is 1.58. The van der Waals surface area contributed by atoms with Gasteiger partial charge in [0, 0.05) is 17.0 Å². The monoisotopic (exact) mass is 393 g/mol. The number of aromatic nitrogens is 2. The average molecular weight is 393 g/mol. The van der Waals surface area contributed by atoms with E-state index < -0.39 is 0 Å². The third kappa shape index (κ3) is 3.32. The average Bonchev–Trinajstić information content (AvgIpc) is 3.19. The highest BCUT2D eigenvalue weighted by molar-refractivity contribution is 7.17. The van der Waals surface area contributed by atoms with Crippen LogP contribution in [0.2, 0.25) is 0 Å². The van der Waals surface area contributed by atoms with E-state index in [1.165, 1.54) is 0 Å². The molecular formula is C21H19N3O3S. The predicted molar refractivity (Wildman–Crippen MR) is 112 cm³/mol. The summed E-state index contributed by atoms with van der Waals surface area (Å²) in [5.41, 5.74) is 2.91. The number of ether oxygens (including phenoxy) is 3. The van der Waals surface area contributed by atoms with Gasteiger partial charge in [-0.2, -0.15) is 0 Å². The smallest absolute Gasteiger partial charge is 0.143 e. The zero-order valence-corrected chi connectivity index (χ0v) is 16.5. The zero-order valence-electron chi connectivity index (χ0n) is 15.7. The molecule has 4 rings (SSSR count). The van der Waals surface area contributed by atoms with Crippen LogP contribution in [0.1, 0.15) is 0 Å². The number of thiophene rings is 1. The molecule has 0 bridgehead atoms. The second-order valence-corrected chi connectivity index (χ2v) is 6.83. The molecule has 2 aromatic heterocycles. The summed E-state index contributed by atoms with van der Waals surface area (Å²) in [7, 11) is 4.93. The van der Waals surface area contributed by atoms with Gasteiger partial charge >= 0.3 is 0 Å². The highest BCUT2D eigenvalue weighted by Crippen LogP contribution is 2.39. The molecule has 0 unspecified atom stereocenters. The minimum absolute atomic E-state index is 0.703. The Kier molecular flexibility index (Phi) is 4.99. The molecule has 0 fully saturated rings. The van der Waals surface area contributed by atoms with E-state index in [9.17, 15) is 0 Å². The SMILES string of the molecule is COc1ccc(-c2csc3ncnc(Nc4cc(OC)ccc4OC)c23)cc1. The summed E-state index contributed by atoms with van der Waals surface area (Å²) in [6.45, 7) is 0. The van der Waals surface area contributed by atoms with E-state index in [0.717, 1.165) is 38.5 Å².